The first-order valence-corrected chi connectivity index (χ1v) is 6.53. The standard InChI is InChI=1S/C16H11N5O/c17-8-12-3-1-4-14(7-12)20-16(22)13-9-19-21(11-13)15-5-2-6-18-10-15/h1-7,9-11H,(H,20,22). The van der Waals surface area contributed by atoms with Crippen LogP contribution in [0.25, 0.3) is 5.69 Å². The molecule has 2 aromatic heterocycles. The fraction of sp³-hybridized carbons (Fsp3) is 0. The summed E-state index contributed by atoms with van der Waals surface area (Å²) in [6, 6.07) is 12.4. The van der Waals surface area contributed by atoms with Gasteiger partial charge in [-0.3, -0.25) is 9.78 Å². The summed E-state index contributed by atoms with van der Waals surface area (Å²) >= 11 is 0. The Labute approximate surface area is 126 Å². The molecule has 0 spiro atoms. The van der Waals surface area contributed by atoms with Gasteiger partial charge in [0.15, 0.2) is 0 Å². The summed E-state index contributed by atoms with van der Waals surface area (Å²) in [7, 11) is 0. The van der Waals surface area contributed by atoms with E-state index in [-0.39, 0.29) is 5.91 Å². The maximum Gasteiger partial charge on any atom is 0.258 e. The molecule has 0 radical (unpaired) electrons. The first kappa shape index (κ1) is 13.5. The van der Waals surface area contributed by atoms with Crippen LogP contribution in [0.2, 0.25) is 0 Å². The maximum absolute atomic E-state index is 12.2. The molecule has 1 N–H and O–H groups in total. The molecule has 0 unspecified atom stereocenters. The number of anilines is 1. The minimum Gasteiger partial charge on any atom is -0.322 e. The van der Waals surface area contributed by atoms with Gasteiger partial charge in [0.05, 0.1) is 35.3 Å². The molecule has 1 amide bonds. The Balaban J connectivity index is 1.79. The zero-order valence-electron chi connectivity index (χ0n) is 11.5. The molecule has 3 aromatic rings. The first-order valence-electron chi connectivity index (χ1n) is 6.53. The summed E-state index contributed by atoms with van der Waals surface area (Å²) in [5.41, 5.74) is 2.25. The van der Waals surface area contributed by atoms with E-state index in [0.29, 0.717) is 16.8 Å². The van der Waals surface area contributed by atoms with Gasteiger partial charge in [0.25, 0.3) is 5.91 Å². The van der Waals surface area contributed by atoms with E-state index in [9.17, 15) is 4.79 Å². The van der Waals surface area contributed by atoms with Crippen LogP contribution in [0.15, 0.2) is 61.2 Å². The highest BCUT2D eigenvalue weighted by Crippen LogP contribution is 2.12. The Hall–Kier alpha value is -3.46. The minimum atomic E-state index is -0.287. The van der Waals surface area contributed by atoms with Crippen molar-refractivity contribution in [3.63, 3.8) is 0 Å². The zero-order valence-corrected chi connectivity index (χ0v) is 11.5. The lowest BCUT2D eigenvalue weighted by atomic mass is 10.2. The van der Waals surface area contributed by atoms with Gasteiger partial charge in [-0.2, -0.15) is 10.4 Å². The van der Waals surface area contributed by atoms with Crippen molar-refractivity contribution in [2.24, 2.45) is 0 Å². The molecule has 0 saturated carbocycles. The van der Waals surface area contributed by atoms with Crippen LogP contribution in [-0.4, -0.2) is 20.7 Å². The topological polar surface area (TPSA) is 83.6 Å². The molecule has 2 heterocycles. The number of rotatable bonds is 3. The average Bonchev–Trinajstić information content (AvgIpc) is 3.06. The van der Waals surface area contributed by atoms with E-state index >= 15 is 0 Å². The van der Waals surface area contributed by atoms with Crippen molar-refractivity contribution in [2.45, 2.75) is 0 Å². The molecule has 0 saturated heterocycles. The van der Waals surface area contributed by atoms with Crippen molar-refractivity contribution in [1.29, 1.82) is 5.26 Å². The Morgan fingerprint density at radius 1 is 1.23 bits per heavy atom. The van der Waals surface area contributed by atoms with Gasteiger partial charge in [-0.1, -0.05) is 6.07 Å². The van der Waals surface area contributed by atoms with Gasteiger partial charge in [-0.25, -0.2) is 4.68 Å². The molecule has 0 atom stereocenters. The van der Waals surface area contributed by atoms with Gasteiger partial charge in [0, 0.05) is 18.1 Å². The lowest BCUT2D eigenvalue weighted by molar-refractivity contribution is 0.102. The number of hydrogen-bond acceptors (Lipinski definition) is 4. The largest absolute Gasteiger partial charge is 0.322 e. The van der Waals surface area contributed by atoms with Crippen LogP contribution in [0.1, 0.15) is 15.9 Å². The molecule has 0 fully saturated rings. The van der Waals surface area contributed by atoms with Gasteiger partial charge < -0.3 is 5.32 Å². The highest BCUT2D eigenvalue weighted by atomic mass is 16.1. The van der Waals surface area contributed by atoms with Crippen LogP contribution < -0.4 is 5.32 Å². The van der Waals surface area contributed by atoms with Crippen molar-refractivity contribution in [2.75, 3.05) is 5.32 Å². The zero-order chi connectivity index (χ0) is 15.4. The highest BCUT2D eigenvalue weighted by molar-refractivity contribution is 6.04. The number of aromatic nitrogens is 3. The number of nitrogens with zero attached hydrogens (tertiary/aromatic N) is 4. The van der Waals surface area contributed by atoms with Crippen LogP contribution in [0.3, 0.4) is 0 Å². The Kier molecular flexibility index (Phi) is 3.62. The number of pyridine rings is 1. The monoisotopic (exact) mass is 289 g/mol. The molecule has 0 bridgehead atoms. The van der Waals surface area contributed by atoms with Gasteiger partial charge in [0.1, 0.15) is 0 Å². The molecule has 0 aliphatic rings. The summed E-state index contributed by atoms with van der Waals surface area (Å²) in [6.45, 7) is 0. The molecule has 3 rings (SSSR count). The molecule has 6 heteroatoms. The van der Waals surface area contributed by atoms with E-state index < -0.39 is 0 Å². The van der Waals surface area contributed by atoms with E-state index in [1.54, 1.807) is 53.6 Å². The summed E-state index contributed by atoms with van der Waals surface area (Å²) in [4.78, 5) is 16.2. The lowest BCUT2D eigenvalue weighted by Crippen LogP contribution is -2.11. The molecule has 6 nitrogen and oxygen atoms in total. The van der Waals surface area contributed by atoms with E-state index in [0.717, 1.165) is 5.69 Å². The quantitative estimate of drug-likeness (QED) is 0.802. The summed E-state index contributed by atoms with van der Waals surface area (Å²) in [6.07, 6.45) is 6.44. The number of carbonyl (C=O) groups excluding carboxylic acids is 1. The molecule has 0 aliphatic heterocycles. The van der Waals surface area contributed by atoms with Crippen LogP contribution in [0.4, 0.5) is 5.69 Å². The molecule has 106 valence electrons. The van der Waals surface area contributed by atoms with Crippen molar-refractivity contribution in [1.82, 2.24) is 14.8 Å². The van der Waals surface area contributed by atoms with Crippen molar-refractivity contribution >= 4 is 11.6 Å². The fourth-order valence-electron chi connectivity index (χ4n) is 1.94. The number of nitrogens with one attached hydrogen (secondary N) is 1. The van der Waals surface area contributed by atoms with Crippen LogP contribution >= 0.6 is 0 Å². The third-order valence-corrected chi connectivity index (χ3v) is 3.00. The average molecular weight is 289 g/mol. The molecule has 22 heavy (non-hydrogen) atoms. The Bertz CT molecular complexity index is 848. The summed E-state index contributed by atoms with van der Waals surface area (Å²) in [5.74, 6) is -0.287. The van der Waals surface area contributed by atoms with E-state index in [2.05, 4.69) is 15.4 Å². The number of hydrogen-bond donors (Lipinski definition) is 1. The van der Waals surface area contributed by atoms with Gasteiger partial charge in [-0.15, -0.1) is 0 Å². The van der Waals surface area contributed by atoms with E-state index in [1.165, 1.54) is 6.20 Å². The Morgan fingerprint density at radius 3 is 2.91 bits per heavy atom. The first-order chi connectivity index (χ1) is 10.8. The van der Waals surface area contributed by atoms with Crippen molar-refractivity contribution < 1.29 is 4.79 Å². The normalized spacial score (nSPS) is 9.95. The Morgan fingerprint density at radius 2 is 2.14 bits per heavy atom. The summed E-state index contributed by atoms with van der Waals surface area (Å²) in [5, 5.41) is 15.7. The third kappa shape index (κ3) is 2.83. The van der Waals surface area contributed by atoms with Crippen molar-refractivity contribution in [3.8, 4) is 11.8 Å². The van der Waals surface area contributed by atoms with Crippen LogP contribution in [0, 0.1) is 11.3 Å². The van der Waals surface area contributed by atoms with Gasteiger partial charge in [-0.05, 0) is 30.3 Å². The second kappa shape index (κ2) is 5.89. The minimum absolute atomic E-state index is 0.287. The molecule has 0 aliphatic carbocycles. The van der Waals surface area contributed by atoms with Crippen LogP contribution in [0.5, 0.6) is 0 Å². The third-order valence-electron chi connectivity index (χ3n) is 3.00. The predicted molar refractivity (Wildman–Crippen MR) is 80.5 cm³/mol. The SMILES string of the molecule is N#Cc1cccc(NC(=O)c2cnn(-c3cccnc3)c2)c1. The maximum atomic E-state index is 12.2. The second-order valence-corrected chi connectivity index (χ2v) is 4.53. The van der Waals surface area contributed by atoms with Crippen molar-refractivity contribution in [3.05, 3.63) is 72.3 Å². The number of benzene rings is 1. The van der Waals surface area contributed by atoms with E-state index in [1.807, 2.05) is 12.1 Å². The predicted octanol–water partition coefficient (Wildman–Crippen LogP) is 2.39. The number of carbonyl (C=O) groups is 1. The summed E-state index contributed by atoms with van der Waals surface area (Å²) < 4.78 is 1.58. The number of amides is 1. The van der Waals surface area contributed by atoms with Crippen LogP contribution in [-0.2, 0) is 0 Å². The highest BCUT2D eigenvalue weighted by Gasteiger charge is 2.10. The van der Waals surface area contributed by atoms with E-state index in [4.69, 9.17) is 5.26 Å². The lowest BCUT2D eigenvalue weighted by Gasteiger charge is -2.03. The fourth-order valence-corrected chi connectivity index (χ4v) is 1.94. The molecule has 1 aromatic carbocycles. The smallest absolute Gasteiger partial charge is 0.258 e. The van der Waals surface area contributed by atoms with Gasteiger partial charge >= 0.3 is 0 Å². The van der Waals surface area contributed by atoms with Gasteiger partial charge in [0.2, 0.25) is 0 Å². The second-order valence-electron chi connectivity index (χ2n) is 4.53. The number of nitriles is 1. The molecular weight excluding hydrogens is 278 g/mol. The molecular formula is C16H11N5O.